The highest BCUT2D eigenvalue weighted by atomic mass is 19.3. The predicted molar refractivity (Wildman–Crippen MR) is 498 cm³/mol. The van der Waals surface area contributed by atoms with Crippen LogP contribution < -0.4 is 66.3 Å². The topological polar surface area (TPSA) is 413 Å². The minimum Gasteiger partial charge on any atom is -0.495 e. The molecule has 4 atom stereocenters. The number of nitrogens with one attached hydrogen (secondary N) is 7. The SMILES string of the molecule is COc1cc(C(=O)N2CCC(N3CCN(CCOCCCNc4ccc5c(c4)C(=O)N(C4CCC(=O)NC4=O)C5=O)CC3)CC2)c(F)cc1Nc1ncc2c(n1)N(C1CCC(CN3C(=O)C(F)(F)CN(C4CCCC4)c4nc(Nc5cc(F)c(C(=O)N[C@H]6CC[C@H](N7CCN(CCOCCNc8ccc9c(c8)C(=O)N(C8CCC(=O)NC8=O)C9=O)CC7)CC6)cc5OC)ncc43)C1)CC(F)(F)C(=O)N2C. The second-order valence-corrected chi connectivity index (χ2v) is 37.9. The summed E-state index contributed by atoms with van der Waals surface area (Å²) >= 11 is 0. The first kappa shape index (κ1) is 97.4. The maximum atomic E-state index is 16.9. The van der Waals surface area contributed by atoms with Crippen molar-refractivity contribution >= 4 is 129 Å². The van der Waals surface area contributed by atoms with Crippen molar-refractivity contribution in [2.45, 2.75) is 170 Å². The fourth-order valence-corrected chi connectivity index (χ4v) is 21.6. The number of hydrogen-bond acceptors (Lipinski definition) is 30. The van der Waals surface area contributed by atoms with Crippen LogP contribution in [0.4, 0.5) is 84.0 Å². The van der Waals surface area contributed by atoms with Gasteiger partial charge in [-0.3, -0.25) is 97.6 Å². The standard InChI is InChI=1S/C96H114F6N22O16/c1-114-75-50-105-93(109-72-49-70(98)68(47-78(72)138-3)86(130)119-27-23-60(24-28-119)118-35-31-115(32-36-118)37-41-139-39-6-25-103-57-12-17-63-65(44-57)89(133)123(87(63)131)73-19-21-79(125)110-84(73)128)112-81(75)122(53-95(99,100)91(114)135)62-14-9-55(43-62)52-120-76-51-106-94(113-82(76)121(61-7-4-5-8-61)54-96(101,102)92(120)136)108-71-48-69(97)67(46-77(71)137-2)83(127)107-56-10-15-59(16-11-56)117-33-29-116(30-34-117)38-42-140-40-26-104-58-13-18-64-66(45-58)90(134)124(88(64)132)74-20-22-80(126)111-85(74)129/h12-13,17-18,44-51,55-56,59-62,73-74,103-104H,4-11,14-16,19-43,52-54H2,1-3H3,(H,107,127)(H,105,109,112)(H,106,108,113)(H,110,125,128)(H,111,126,129)/t55?,56-,59-,62?,73?,74?. The number of ether oxygens (including phenoxy) is 4. The number of piperazine rings is 2. The lowest BCUT2D eigenvalue weighted by Gasteiger charge is -2.42. The lowest BCUT2D eigenvalue weighted by molar-refractivity contribution is -0.141. The monoisotopic (exact) mass is 1940 g/mol. The number of hydrogen-bond donors (Lipinski definition) is 7. The van der Waals surface area contributed by atoms with Crippen molar-refractivity contribution in [3.05, 3.63) is 118 Å². The maximum absolute atomic E-state index is 16.9. The number of carbonyl (C=O) groups is 12. The van der Waals surface area contributed by atoms with Gasteiger partial charge in [0.25, 0.3) is 47.3 Å². The zero-order valence-corrected chi connectivity index (χ0v) is 78.1. The molecular weight excluding hydrogens is 1830 g/mol. The lowest BCUT2D eigenvalue weighted by Crippen LogP contribution is -2.54. The van der Waals surface area contributed by atoms with Crippen LogP contribution >= 0.6 is 0 Å². The zero-order valence-electron chi connectivity index (χ0n) is 78.1. The number of methoxy groups -OCH3 is 2. The minimum atomic E-state index is -3.99. The number of piperidine rings is 3. The molecule has 6 aromatic rings. The van der Waals surface area contributed by atoms with Gasteiger partial charge in [-0.05, 0) is 144 Å². The number of benzene rings is 4. The van der Waals surface area contributed by atoms with Crippen molar-refractivity contribution < 1.29 is 103 Å². The first-order valence-electron chi connectivity index (χ1n) is 48.2. The van der Waals surface area contributed by atoms with Crippen molar-refractivity contribution in [2.24, 2.45) is 5.92 Å². The van der Waals surface area contributed by atoms with Crippen LogP contribution in [0.15, 0.2) is 73.1 Å². The number of likely N-dealkylation sites (tertiary alicyclic amines) is 1. The average molecular weight is 1950 g/mol. The second kappa shape index (κ2) is 41.6. The summed E-state index contributed by atoms with van der Waals surface area (Å²) in [5, 5.41) is 19.9. The number of carbonyl (C=O) groups excluding carboxylic acids is 12. The summed E-state index contributed by atoms with van der Waals surface area (Å²) in [6.45, 7) is 9.20. The average Bonchev–Trinajstić information content (AvgIpc) is 1.61. The Balaban J connectivity index is 0.450. The number of amides is 12. The summed E-state index contributed by atoms with van der Waals surface area (Å²) in [7, 11) is 3.82. The molecule has 7 N–H and O–H groups in total. The highest BCUT2D eigenvalue weighted by Gasteiger charge is 2.54. The van der Waals surface area contributed by atoms with Crippen LogP contribution in [-0.2, 0) is 38.2 Å². The van der Waals surface area contributed by atoms with Gasteiger partial charge in [0.05, 0.1) is 104 Å². The summed E-state index contributed by atoms with van der Waals surface area (Å²) in [5.74, 6) is -19.6. The lowest BCUT2D eigenvalue weighted by atomic mass is 9.89. The Bertz CT molecular complexity index is 5810. The number of anilines is 10. The van der Waals surface area contributed by atoms with E-state index in [0.717, 1.165) is 130 Å². The largest absolute Gasteiger partial charge is 0.495 e. The first-order chi connectivity index (χ1) is 67.4. The molecule has 746 valence electrons. The van der Waals surface area contributed by atoms with Crippen LogP contribution in [0.25, 0.3) is 0 Å². The van der Waals surface area contributed by atoms with E-state index in [9.17, 15) is 57.5 Å². The molecule has 12 amide bonds. The summed E-state index contributed by atoms with van der Waals surface area (Å²) in [5.41, 5.74) is 1.36. The molecule has 140 heavy (non-hydrogen) atoms. The summed E-state index contributed by atoms with van der Waals surface area (Å²) in [6.07, 6.45) is 10.5. The van der Waals surface area contributed by atoms with Crippen LogP contribution in [0, 0.1) is 17.6 Å². The van der Waals surface area contributed by atoms with E-state index in [1.54, 1.807) is 41.3 Å². The first-order valence-corrected chi connectivity index (χ1v) is 48.2. The van der Waals surface area contributed by atoms with E-state index in [4.69, 9.17) is 28.9 Å². The third-order valence-corrected chi connectivity index (χ3v) is 29.3. The van der Waals surface area contributed by atoms with E-state index in [2.05, 4.69) is 66.8 Å². The second-order valence-electron chi connectivity index (χ2n) is 37.9. The fourth-order valence-electron chi connectivity index (χ4n) is 21.6. The van der Waals surface area contributed by atoms with E-state index in [1.165, 1.54) is 48.5 Å². The van der Waals surface area contributed by atoms with E-state index < -0.39 is 138 Å². The Labute approximate surface area is 802 Å². The number of imide groups is 4. The van der Waals surface area contributed by atoms with Gasteiger partial charge < -0.3 is 70.0 Å². The molecule has 38 nitrogen and oxygen atoms in total. The Kier molecular flexibility index (Phi) is 28.9. The molecular formula is C96H114F6N22O16. The zero-order chi connectivity index (χ0) is 98.1. The molecule has 44 heteroatoms. The molecule has 0 spiro atoms. The number of aromatic nitrogens is 4. The van der Waals surface area contributed by atoms with Crippen molar-refractivity contribution in [2.75, 3.05) is 200 Å². The minimum absolute atomic E-state index is 0.00574. The van der Waals surface area contributed by atoms with Gasteiger partial charge in [0, 0.05) is 178 Å². The molecule has 11 heterocycles. The number of nitrogens with zero attached hydrogens (tertiary/aromatic N) is 15. The number of halogens is 6. The summed E-state index contributed by atoms with van der Waals surface area (Å²) < 4.78 is 123. The van der Waals surface area contributed by atoms with Gasteiger partial charge in [-0.15, -0.1) is 0 Å². The normalized spacial score (nSPS) is 23.4. The third-order valence-electron chi connectivity index (χ3n) is 29.3. The van der Waals surface area contributed by atoms with Crippen LogP contribution in [0.3, 0.4) is 0 Å². The Morgan fingerprint density at radius 3 is 1.54 bits per heavy atom. The molecule has 12 aliphatic rings. The van der Waals surface area contributed by atoms with Crippen molar-refractivity contribution in [3.63, 3.8) is 0 Å². The molecule has 9 aliphatic heterocycles. The smallest absolute Gasteiger partial charge is 0.342 e. The van der Waals surface area contributed by atoms with E-state index in [1.807, 2.05) is 0 Å². The molecule has 3 aliphatic carbocycles. The molecule has 0 radical (unpaired) electrons. The van der Waals surface area contributed by atoms with Crippen LogP contribution in [0.2, 0.25) is 0 Å². The quantitative estimate of drug-likeness (QED) is 0.0123. The Morgan fingerprint density at radius 1 is 0.500 bits per heavy atom. The molecule has 4 aromatic carbocycles. The highest BCUT2D eigenvalue weighted by Crippen LogP contribution is 2.47. The predicted octanol–water partition coefficient (Wildman–Crippen LogP) is 7.40. The Hall–Kier alpha value is -12.8. The highest BCUT2D eigenvalue weighted by molar-refractivity contribution is 6.25. The number of rotatable bonds is 32. The van der Waals surface area contributed by atoms with Gasteiger partial charge in [-0.25, -0.2) is 18.7 Å². The molecule has 8 fully saturated rings. The maximum Gasteiger partial charge on any atom is 0.342 e. The molecule has 0 bridgehead atoms. The molecule has 4 unspecified atom stereocenters. The number of alkyl halides is 4. The van der Waals surface area contributed by atoms with Crippen LogP contribution in [-0.4, -0.2) is 338 Å². The fraction of sp³-hybridized carbons (Fsp3) is 0.542. The molecule has 5 saturated heterocycles. The van der Waals surface area contributed by atoms with E-state index in [0.29, 0.717) is 115 Å². The van der Waals surface area contributed by atoms with E-state index in [-0.39, 0.29) is 155 Å². The molecule has 3 saturated carbocycles. The third kappa shape index (κ3) is 20.6. The Morgan fingerprint density at radius 2 is 0.986 bits per heavy atom. The van der Waals surface area contributed by atoms with Crippen molar-refractivity contribution in [1.29, 1.82) is 0 Å². The van der Waals surface area contributed by atoms with Gasteiger partial charge in [0.15, 0.2) is 11.6 Å². The van der Waals surface area contributed by atoms with Gasteiger partial charge in [0.2, 0.25) is 35.5 Å². The molecule has 18 rings (SSSR count). The van der Waals surface area contributed by atoms with Gasteiger partial charge in [-0.1, -0.05) is 12.8 Å². The van der Waals surface area contributed by atoms with Crippen LogP contribution in [0.1, 0.15) is 178 Å². The molecule has 2 aromatic heterocycles. The van der Waals surface area contributed by atoms with Gasteiger partial charge >= 0.3 is 11.8 Å². The van der Waals surface area contributed by atoms with Crippen LogP contribution in [0.5, 0.6) is 11.5 Å². The van der Waals surface area contributed by atoms with Gasteiger partial charge in [-0.2, -0.15) is 27.5 Å². The number of fused-ring (bicyclic) bond motifs is 4. The summed E-state index contributed by atoms with van der Waals surface area (Å²) in [4.78, 5) is 193. The van der Waals surface area contributed by atoms with E-state index >= 15 is 26.3 Å². The van der Waals surface area contributed by atoms with Gasteiger partial charge in [0.1, 0.15) is 46.6 Å². The van der Waals surface area contributed by atoms with Crippen molar-refractivity contribution in [3.8, 4) is 11.5 Å². The van der Waals surface area contributed by atoms with Crippen molar-refractivity contribution in [1.82, 2.24) is 70.2 Å². The summed E-state index contributed by atoms with van der Waals surface area (Å²) in [6, 6.07) is 11.2.